The summed E-state index contributed by atoms with van der Waals surface area (Å²) in [5.41, 5.74) is 2.93. The van der Waals surface area contributed by atoms with Gasteiger partial charge in [-0.2, -0.15) is 4.31 Å². The second-order valence-electron chi connectivity index (χ2n) is 7.09. The van der Waals surface area contributed by atoms with E-state index < -0.39 is 15.9 Å². The maximum Gasteiger partial charge on any atom is 0.267 e. The van der Waals surface area contributed by atoms with E-state index in [0.29, 0.717) is 24.2 Å². The van der Waals surface area contributed by atoms with Gasteiger partial charge in [0.05, 0.1) is 0 Å². The Morgan fingerprint density at radius 2 is 1.77 bits per heavy atom. The highest BCUT2D eigenvalue weighted by Crippen LogP contribution is 2.30. The van der Waals surface area contributed by atoms with Crippen molar-refractivity contribution in [3.05, 3.63) is 81.5 Å². The topological polar surface area (TPSA) is 95.6 Å². The number of amides is 2. The summed E-state index contributed by atoms with van der Waals surface area (Å²) in [6.45, 7) is 0.647. The molecule has 0 atom stereocenters. The Morgan fingerprint density at radius 1 is 1.00 bits per heavy atom. The third kappa shape index (κ3) is 4.25. The molecule has 0 bridgehead atoms. The summed E-state index contributed by atoms with van der Waals surface area (Å²) in [6, 6.07) is 15.7. The second kappa shape index (κ2) is 8.62. The molecule has 3 aromatic rings. The first-order valence-electron chi connectivity index (χ1n) is 9.68. The van der Waals surface area contributed by atoms with E-state index >= 15 is 0 Å². The van der Waals surface area contributed by atoms with Crippen LogP contribution in [-0.2, 0) is 23.0 Å². The minimum absolute atomic E-state index is 0.00293. The highest BCUT2D eigenvalue weighted by molar-refractivity contribution is 7.89. The average Bonchev–Trinajstić information content (AvgIpc) is 3.29. The minimum atomic E-state index is -3.84. The van der Waals surface area contributed by atoms with Gasteiger partial charge in [-0.15, -0.1) is 11.3 Å². The lowest BCUT2D eigenvalue weighted by Gasteiger charge is -2.28. The van der Waals surface area contributed by atoms with Crippen LogP contribution in [0.5, 0.6) is 0 Å². The lowest BCUT2D eigenvalue weighted by molar-refractivity contribution is 0.0961. The van der Waals surface area contributed by atoms with Crippen LogP contribution in [0.3, 0.4) is 0 Å². The molecule has 0 unspecified atom stereocenters. The van der Waals surface area contributed by atoms with Crippen LogP contribution in [0.25, 0.3) is 0 Å². The molecule has 1 aromatic heterocycles. The summed E-state index contributed by atoms with van der Waals surface area (Å²) in [7, 11) is -2.31. The normalized spacial score (nSPS) is 14.0. The van der Waals surface area contributed by atoms with Gasteiger partial charge in [-0.05, 0) is 47.2 Å². The van der Waals surface area contributed by atoms with Crippen LogP contribution in [-0.4, -0.2) is 38.1 Å². The van der Waals surface area contributed by atoms with Crippen LogP contribution in [0.15, 0.2) is 64.9 Å². The number of nitrogens with one attached hydrogen (secondary N) is 2. The standard InChI is InChI=1S/C22H21N3O4S2/c1-23-21(26)16-7-4-8-18(13-16)24-22(27)20-19(10-12-30-20)31(28,29)25-11-9-15-5-2-3-6-17(15)14-25/h2-8,10,12-13H,9,11,14H2,1H3,(H,23,26)(H,24,27). The third-order valence-electron chi connectivity index (χ3n) is 5.16. The monoisotopic (exact) mass is 455 g/mol. The molecule has 2 amide bonds. The fourth-order valence-electron chi connectivity index (χ4n) is 3.55. The van der Waals surface area contributed by atoms with E-state index in [1.54, 1.807) is 29.6 Å². The van der Waals surface area contributed by atoms with E-state index in [1.807, 2.05) is 24.3 Å². The van der Waals surface area contributed by atoms with Crippen LogP contribution in [0, 0.1) is 0 Å². The van der Waals surface area contributed by atoms with Crippen molar-refractivity contribution >= 4 is 38.9 Å². The number of benzene rings is 2. The Morgan fingerprint density at radius 3 is 2.55 bits per heavy atom. The summed E-state index contributed by atoms with van der Waals surface area (Å²) in [5.74, 6) is -0.805. The molecule has 0 radical (unpaired) electrons. The molecule has 31 heavy (non-hydrogen) atoms. The molecule has 0 saturated heterocycles. The predicted molar refractivity (Wildman–Crippen MR) is 120 cm³/mol. The molecular formula is C22H21N3O4S2. The van der Waals surface area contributed by atoms with Gasteiger partial charge in [0.1, 0.15) is 9.77 Å². The largest absolute Gasteiger partial charge is 0.355 e. The van der Waals surface area contributed by atoms with Crippen molar-refractivity contribution in [3.63, 3.8) is 0 Å². The number of rotatable bonds is 5. The molecule has 0 spiro atoms. The molecule has 9 heteroatoms. The van der Waals surface area contributed by atoms with Gasteiger partial charge in [0.15, 0.2) is 0 Å². The molecule has 1 aliphatic heterocycles. The van der Waals surface area contributed by atoms with Crippen molar-refractivity contribution < 1.29 is 18.0 Å². The molecule has 2 aromatic carbocycles. The van der Waals surface area contributed by atoms with Crippen LogP contribution in [0.4, 0.5) is 5.69 Å². The Hall–Kier alpha value is -3.01. The molecule has 0 fully saturated rings. The number of carbonyl (C=O) groups excluding carboxylic acids is 2. The molecule has 0 saturated carbocycles. The van der Waals surface area contributed by atoms with Gasteiger partial charge in [0.2, 0.25) is 10.0 Å². The van der Waals surface area contributed by atoms with Crippen molar-refractivity contribution in [2.75, 3.05) is 18.9 Å². The van der Waals surface area contributed by atoms with Gasteiger partial charge in [0, 0.05) is 31.4 Å². The smallest absolute Gasteiger partial charge is 0.267 e. The summed E-state index contributed by atoms with van der Waals surface area (Å²) in [5, 5.41) is 6.83. The maximum absolute atomic E-state index is 13.3. The highest BCUT2D eigenvalue weighted by atomic mass is 32.2. The van der Waals surface area contributed by atoms with E-state index in [4.69, 9.17) is 0 Å². The molecule has 0 aliphatic carbocycles. The number of carbonyl (C=O) groups is 2. The number of hydrogen-bond acceptors (Lipinski definition) is 5. The lowest BCUT2D eigenvalue weighted by Crippen LogP contribution is -2.36. The summed E-state index contributed by atoms with van der Waals surface area (Å²) < 4.78 is 28.1. The fourth-order valence-corrected chi connectivity index (χ4v) is 6.27. The molecule has 4 rings (SSSR count). The average molecular weight is 456 g/mol. The van der Waals surface area contributed by atoms with Crippen molar-refractivity contribution in [1.29, 1.82) is 0 Å². The summed E-state index contributed by atoms with van der Waals surface area (Å²) >= 11 is 1.07. The van der Waals surface area contributed by atoms with Gasteiger partial charge in [-0.1, -0.05) is 30.3 Å². The van der Waals surface area contributed by atoms with Gasteiger partial charge >= 0.3 is 0 Å². The quantitative estimate of drug-likeness (QED) is 0.618. The van der Waals surface area contributed by atoms with Gasteiger partial charge in [-0.25, -0.2) is 8.42 Å². The van der Waals surface area contributed by atoms with E-state index in [-0.39, 0.29) is 22.2 Å². The maximum atomic E-state index is 13.3. The first kappa shape index (κ1) is 21.2. The summed E-state index contributed by atoms with van der Waals surface area (Å²) in [4.78, 5) is 24.8. The van der Waals surface area contributed by atoms with E-state index in [2.05, 4.69) is 10.6 Å². The predicted octanol–water partition coefficient (Wildman–Crippen LogP) is 3.11. The zero-order valence-electron chi connectivity index (χ0n) is 16.8. The van der Waals surface area contributed by atoms with Crippen molar-refractivity contribution in [1.82, 2.24) is 9.62 Å². The number of hydrogen-bond donors (Lipinski definition) is 2. The van der Waals surface area contributed by atoms with Crippen molar-refractivity contribution in [3.8, 4) is 0 Å². The van der Waals surface area contributed by atoms with Crippen molar-refractivity contribution in [2.45, 2.75) is 17.9 Å². The Balaban J connectivity index is 1.57. The molecule has 2 N–H and O–H groups in total. The molecule has 160 valence electrons. The molecule has 2 heterocycles. The van der Waals surface area contributed by atoms with Crippen molar-refractivity contribution in [2.24, 2.45) is 0 Å². The number of fused-ring (bicyclic) bond motifs is 1. The van der Waals surface area contributed by atoms with Crippen LogP contribution in [0.2, 0.25) is 0 Å². The van der Waals surface area contributed by atoms with E-state index in [0.717, 1.165) is 22.5 Å². The van der Waals surface area contributed by atoms with E-state index in [9.17, 15) is 18.0 Å². The van der Waals surface area contributed by atoms with Gasteiger partial charge < -0.3 is 10.6 Å². The van der Waals surface area contributed by atoms with Gasteiger partial charge in [-0.3, -0.25) is 9.59 Å². The first-order valence-corrected chi connectivity index (χ1v) is 12.0. The fraction of sp³-hybridized carbons (Fsp3) is 0.182. The van der Waals surface area contributed by atoms with Crippen LogP contribution >= 0.6 is 11.3 Å². The lowest BCUT2D eigenvalue weighted by atomic mass is 10.0. The SMILES string of the molecule is CNC(=O)c1cccc(NC(=O)c2sccc2S(=O)(=O)N2CCc3ccccc3C2)c1. The van der Waals surface area contributed by atoms with Gasteiger partial charge in [0.25, 0.3) is 11.8 Å². The minimum Gasteiger partial charge on any atom is -0.355 e. The zero-order chi connectivity index (χ0) is 22.0. The number of thiophene rings is 1. The number of nitrogens with zero attached hydrogens (tertiary/aromatic N) is 1. The zero-order valence-corrected chi connectivity index (χ0v) is 18.4. The Kier molecular flexibility index (Phi) is 5.90. The molecule has 7 nitrogen and oxygen atoms in total. The summed E-state index contributed by atoms with van der Waals surface area (Å²) in [6.07, 6.45) is 0.632. The third-order valence-corrected chi connectivity index (χ3v) is 8.09. The van der Waals surface area contributed by atoms with Crippen LogP contribution in [0.1, 0.15) is 31.2 Å². The van der Waals surface area contributed by atoms with E-state index in [1.165, 1.54) is 17.4 Å². The van der Waals surface area contributed by atoms with Crippen LogP contribution < -0.4 is 10.6 Å². The Bertz CT molecular complexity index is 1250. The molecule has 1 aliphatic rings. The Labute approximate surface area is 184 Å². The molecular weight excluding hydrogens is 434 g/mol. The highest BCUT2D eigenvalue weighted by Gasteiger charge is 2.32. The first-order chi connectivity index (χ1) is 14.9. The number of sulfonamides is 1. The second-order valence-corrected chi connectivity index (χ2v) is 9.91. The number of anilines is 1.